The molecule has 0 aromatic heterocycles. The number of hydrogen-bond acceptors (Lipinski definition) is 4. The molecule has 1 unspecified atom stereocenters. The van der Waals surface area contributed by atoms with Crippen LogP contribution in [0.3, 0.4) is 0 Å². The summed E-state index contributed by atoms with van der Waals surface area (Å²) in [5.74, 6) is -0.966. The zero-order valence-electron chi connectivity index (χ0n) is 17.5. The number of amides is 1. The van der Waals surface area contributed by atoms with E-state index in [-0.39, 0.29) is 23.1 Å². The summed E-state index contributed by atoms with van der Waals surface area (Å²) in [5, 5.41) is 2.86. The maximum atomic E-state index is 13.0. The van der Waals surface area contributed by atoms with E-state index < -0.39 is 15.9 Å². The summed E-state index contributed by atoms with van der Waals surface area (Å²) in [6.07, 6.45) is 1.18. The first-order valence-electron chi connectivity index (χ1n) is 10.5. The minimum atomic E-state index is -3.66. The van der Waals surface area contributed by atoms with Crippen LogP contribution in [0.2, 0.25) is 0 Å². The summed E-state index contributed by atoms with van der Waals surface area (Å²) < 4.78 is 27.3. The number of benzene rings is 3. The second-order valence-corrected chi connectivity index (χ2v) is 9.68. The van der Waals surface area contributed by atoms with Gasteiger partial charge in [-0.2, -0.15) is 4.31 Å². The Morgan fingerprint density at radius 1 is 0.844 bits per heavy atom. The van der Waals surface area contributed by atoms with Gasteiger partial charge in [-0.1, -0.05) is 60.7 Å². The number of ketones is 1. The van der Waals surface area contributed by atoms with Gasteiger partial charge in [0.05, 0.1) is 16.5 Å². The lowest BCUT2D eigenvalue weighted by Crippen LogP contribution is -2.43. The van der Waals surface area contributed by atoms with E-state index in [4.69, 9.17) is 0 Å². The van der Waals surface area contributed by atoms with Crippen LogP contribution < -0.4 is 5.32 Å². The van der Waals surface area contributed by atoms with Crippen molar-refractivity contribution in [3.05, 3.63) is 96.1 Å². The first-order valence-corrected chi connectivity index (χ1v) is 12.0. The molecule has 3 aromatic rings. The van der Waals surface area contributed by atoms with E-state index in [9.17, 15) is 18.0 Å². The summed E-state index contributed by atoms with van der Waals surface area (Å²) >= 11 is 0. The molecule has 164 valence electrons. The van der Waals surface area contributed by atoms with Gasteiger partial charge in [-0.15, -0.1) is 0 Å². The van der Waals surface area contributed by atoms with Crippen molar-refractivity contribution >= 4 is 27.4 Å². The van der Waals surface area contributed by atoms with Crippen molar-refractivity contribution in [1.82, 2.24) is 4.31 Å². The molecular weight excluding hydrogens is 424 g/mol. The van der Waals surface area contributed by atoms with E-state index >= 15 is 0 Å². The lowest BCUT2D eigenvalue weighted by atomic mass is 9.97. The van der Waals surface area contributed by atoms with Gasteiger partial charge in [0, 0.05) is 24.2 Å². The van der Waals surface area contributed by atoms with Crippen LogP contribution in [0.5, 0.6) is 0 Å². The number of nitrogens with zero attached hydrogens (tertiary/aromatic N) is 1. The zero-order valence-corrected chi connectivity index (χ0v) is 18.3. The maximum Gasteiger partial charge on any atom is 0.243 e. The highest BCUT2D eigenvalue weighted by Gasteiger charge is 2.33. The minimum Gasteiger partial charge on any atom is -0.325 e. The fourth-order valence-electron chi connectivity index (χ4n) is 3.89. The summed E-state index contributed by atoms with van der Waals surface area (Å²) in [7, 11) is -3.66. The van der Waals surface area contributed by atoms with E-state index in [2.05, 4.69) is 5.32 Å². The number of para-hydroxylation sites is 1. The molecule has 1 saturated heterocycles. The van der Waals surface area contributed by atoms with Gasteiger partial charge in [-0.05, 0) is 37.1 Å². The maximum absolute atomic E-state index is 13.0. The van der Waals surface area contributed by atoms with Crippen molar-refractivity contribution in [2.75, 3.05) is 18.4 Å². The highest BCUT2D eigenvalue weighted by Crippen LogP contribution is 2.26. The Hall–Kier alpha value is -3.29. The van der Waals surface area contributed by atoms with Gasteiger partial charge in [0.1, 0.15) is 0 Å². The second-order valence-electron chi connectivity index (χ2n) is 7.75. The molecule has 1 aliphatic heterocycles. The number of anilines is 1. The molecule has 0 aliphatic carbocycles. The Balaban J connectivity index is 1.51. The molecule has 7 heteroatoms. The fraction of sp³-hybridized carbons (Fsp3) is 0.200. The minimum absolute atomic E-state index is 0.109. The van der Waals surface area contributed by atoms with Crippen LogP contribution in [0.25, 0.3) is 0 Å². The Kier molecular flexibility index (Phi) is 6.48. The molecule has 0 spiro atoms. The summed E-state index contributed by atoms with van der Waals surface area (Å²) in [5.41, 5.74) is 1.36. The van der Waals surface area contributed by atoms with Crippen molar-refractivity contribution in [2.24, 2.45) is 5.92 Å². The number of piperidine rings is 1. The van der Waals surface area contributed by atoms with Gasteiger partial charge < -0.3 is 5.32 Å². The Bertz CT molecular complexity index is 1210. The Morgan fingerprint density at radius 2 is 1.47 bits per heavy atom. The van der Waals surface area contributed by atoms with Gasteiger partial charge >= 0.3 is 0 Å². The predicted molar refractivity (Wildman–Crippen MR) is 123 cm³/mol. The Labute approximate surface area is 187 Å². The molecule has 1 fully saturated rings. The number of hydrogen-bond donors (Lipinski definition) is 1. The molecule has 1 heterocycles. The quantitative estimate of drug-likeness (QED) is 0.579. The molecule has 0 saturated carbocycles. The van der Waals surface area contributed by atoms with E-state index in [1.807, 2.05) is 6.07 Å². The summed E-state index contributed by atoms with van der Waals surface area (Å²) in [4.78, 5) is 26.2. The van der Waals surface area contributed by atoms with E-state index in [1.165, 1.54) is 4.31 Å². The van der Waals surface area contributed by atoms with Crippen LogP contribution in [-0.4, -0.2) is 37.5 Å². The lowest BCUT2D eigenvalue weighted by Gasteiger charge is -2.31. The number of carbonyl (C=O) groups excluding carboxylic acids is 2. The molecule has 1 N–H and O–H groups in total. The van der Waals surface area contributed by atoms with Crippen LogP contribution in [0.4, 0.5) is 5.69 Å². The second kappa shape index (κ2) is 9.46. The van der Waals surface area contributed by atoms with E-state index in [0.29, 0.717) is 36.2 Å². The van der Waals surface area contributed by atoms with Crippen molar-refractivity contribution < 1.29 is 18.0 Å². The van der Waals surface area contributed by atoms with Crippen LogP contribution in [0.1, 0.15) is 28.8 Å². The van der Waals surface area contributed by atoms with Crippen molar-refractivity contribution in [3.63, 3.8) is 0 Å². The van der Waals surface area contributed by atoms with Crippen molar-refractivity contribution in [1.29, 1.82) is 0 Å². The lowest BCUT2D eigenvalue weighted by molar-refractivity contribution is -0.120. The van der Waals surface area contributed by atoms with E-state index in [1.54, 1.807) is 78.9 Å². The fourth-order valence-corrected chi connectivity index (χ4v) is 5.43. The molecule has 3 aromatic carbocycles. The molecule has 6 nitrogen and oxygen atoms in total. The third-order valence-corrected chi connectivity index (χ3v) is 7.48. The van der Waals surface area contributed by atoms with Gasteiger partial charge in [0.25, 0.3) is 0 Å². The highest BCUT2D eigenvalue weighted by molar-refractivity contribution is 7.89. The zero-order chi connectivity index (χ0) is 22.6. The van der Waals surface area contributed by atoms with Gasteiger partial charge in [-0.25, -0.2) is 8.42 Å². The van der Waals surface area contributed by atoms with Crippen LogP contribution in [-0.2, 0) is 14.8 Å². The van der Waals surface area contributed by atoms with Crippen LogP contribution in [0.15, 0.2) is 89.8 Å². The molecular formula is C25H24N2O4S. The van der Waals surface area contributed by atoms with Gasteiger partial charge in [0.2, 0.25) is 15.9 Å². The average molecular weight is 449 g/mol. The topological polar surface area (TPSA) is 83.6 Å². The Morgan fingerprint density at radius 3 is 2.19 bits per heavy atom. The number of sulfonamides is 1. The standard InChI is InChI=1S/C25H24N2O4S/c28-24(19-10-3-1-4-11-19)22-15-7-8-16-23(22)26-25(29)20-12-9-17-27(18-20)32(30,31)21-13-5-2-6-14-21/h1-8,10-11,13-16,20H,9,12,17-18H2,(H,26,29). The van der Waals surface area contributed by atoms with Crippen molar-refractivity contribution in [3.8, 4) is 0 Å². The summed E-state index contributed by atoms with van der Waals surface area (Å²) in [6, 6.07) is 24.0. The molecule has 0 radical (unpaired) electrons. The van der Waals surface area contributed by atoms with Gasteiger partial charge in [-0.3, -0.25) is 9.59 Å². The first-order chi connectivity index (χ1) is 15.5. The van der Waals surface area contributed by atoms with Crippen molar-refractivity contribution in [2.45, 2.75) is 17.7 Å². The van der Waals surface area contributed by atoms with Crippen LogP contribution >= 0.6 is 0 Å². The largest absolute Gasteiger partial charge is 0.325 e. The molecule has 4 rings (SSSR count). The molecule has 32 heavy (non-hydrogen) atoms. The molecule has 1 amide bonds. The first kappa shape index (κ1) is 21.9. The van der Waals surface area contributed by atoms with E-state index in [0.717, 1.165) is 0 Å². The number of nitrogens with one attached hydrogen (secondary N) is 1. The smallest absolute Gasteiger partial charge is 0.243 e. The SMILES string of the molecule is O=C(c1ccccc1)c1ccccc1NC(=O)C1CCCN(S(=O)(=O)c2ccccc2)C1. The van der Waals surface area contributed by atoms with Gasteiger partial charge in [0.15, 0.2) is 5.78 Å². The third-order valence-electron chi connectivity index (χ3n) is 5.60. The van der Waals surface area contributed by atoms with Crippen LogP contribution in [0, 0.1) is 5.92 Å². The highest BCUT2D eigenvalue weighted by atomic mass is 32.2. The number of carbonyl (C=O) groups is 2. The molecule has 0 bridgehead atoms. The average Bonchev–Trinajstić information content (AvgIpc) is 2.85. The normalized spacial score (nSPS) is 16.9. The molecule has 1 aliphatic rings. The molecule has 1 atom stereocenters. The number of rotatable bonds is 6. The predicted octanol–water partition coefficient (Wildman–Crippen LogP) is 3.96. The third kappa shape index (κ3) is 4.64. The summed E-state index contributed by atoms with van der Waals surface area (Å²) in [6.45, 7) is 0.488. The monoisotopic (exact) mass is 448 g/mol.